The van der Waals surface area contributed by atoms with Crippen molar-refractivity contribution in [3.05, 3.63) is 77.9 Å². The van der Waals surface area contributed by atoms with Gasteiger partial charge in [-0.15, -0.1) is 11.6 Å². The topological polar surface area (TPSA) is 79.2 Å². The molecule has 0 radical (unpaired) electrons. The van der Waals surface area contributed by atoms with Crippen molar-refractivity contribution >= 4 is 11.6 Å². The summed E-state index contributed by atoms with van der Waals surface area (Å²) in [6.45, 7) is 3.63. The highest BCUT2D eigenvalue weighted by Gasteiger charge is 2.27. The third kappa shape index (κ3) is 4.11. The Morgan fingerprint density at radius 1 is 0.944 bits per heavy atom. The predicted octanol–water partition coefficient (Wildman–Crippen LogP) is 4.55. The van der Waals surface area contributed by atoms with Crippen LogP contribution in [0.3, 0.4) is 0 Å². The van der Waals surface area contributed by atoms with Crippen molar-refractivity contribution in [3.63, 3.8) is 0 Å². The van der Waals surface area contributed by atoms with Crippen LogP contribution < -0.4 is 0 Å². The smallest absolute Gasteiger partial charge is 0.134 e. The summed E-state index contributed by atoms with van der Waals surface area (Å²) >= 11 is 5.85. The number of fused-ring (bicyclic) bond motifs is 3. The summed E-state index contributed by atoms with van der Waals surface area (Å²) in [7, 11) is 2.01. The summed E-state index contributed by atoms with van der Waals surface area (Å²) in [6.07, 6.45) is 10.3. The molecule has 0 unspecified atom stereocenters. The second kappa shape index (κ2) is 9.35. The van der Waals surface area contributed by atoms with Crippen molar-refractivity contribution in [2.24, 2.45) is 7.05 Å². The molecule has 0 aliphatic heterocycles. The number of benzene rings is 1. The van der Waals surface area contributed by atoms with Crippen LogP contribution in [0.5, 0.6) is 0 Å². The molecule has 0 bridgehead atoms. The molecule has 5 aromatic rings. The lowest BCUT2D eigenvalue weighted by Crippen LogP contribution is -2.09. The zero-order valence-corrected chi connectivity index (χ0v) is 21.2. The van der Waals surface area contributed by atoms with E-state index in [-0.39, 0.29) is 0 Å². The minimum atomic E-state index is 0.542. The van der Waals surface area contributed by atoms with Gasteiger partial charge in [-0.05, 0) is 37.0 Å². The number of aryl methyl sites for hydroxylation is 5. The zero-order valence-electron chi connectivity index (χ0n) is 20.4. The summed E-state index contributed by atoms with van der Waals surface area (Å²) in [4.78, 5) is 9.70. The van der Waals surface area contributed by atoms with Crippen LogP contribution in [0.4, 0.5) is 0 Å². The summed E-state index contributed by atoms with van der Waals surface area (Å²) in [5.74, 6) is 1.32. The maximum atomic E-state index is 5.85. The maximum Gasteiger partial charge on any atom is 0.134 e. The van der Waals surface area contributed by atoms with Gasteiger partial charge in [-0.3, -0.25) is 14.0 Å². The van der Waals surface area contributed by atoms with Gasteiger partial charge in [0.25, 0.3) is 0 Å². The number of halogens is 1. The number of aromatic nitrogens is 8. The van der Waals surface area contributed by atoms with E-state index in [9.17, 15) is 0 Å². The Hall–Kier alpha value is -3.78. The van der Waals surface area contributed by atoms with Gasteiger partial charge in [0.2, 0.25) is 0 Å². The van der Waals surface area contributed by atoms with E-state index in [2.05, 4.69) is 46.4 Å². The lowest BCUT2D eigenvalue weighted by atomic mass is 9.91. The van der Waals surface area contributed by atoms with E-state index in [4.69, 9.17) is 21.7 Å². The summed E-state index contributed by atoms with van der Waals surface area (Å²) < 4.78 is 5.78. The van der Waals surface area contributed by atoms with E-state index in [1.165, 1.54) is 5.56 Å². The Kier molecular flexibility index (Phi) is 5.89. The van der Waals surface area contributed by atoms with Crippen molar-refractivity contribution in [1.82, 2.24) is 39.3 Å². The molecule has 0 amide bonds. The molecule has 0 fully saturated rings. The van der Waals surface area contributed by atoms with E-state index < -0.39 is 0 Å². The van der Waals surface area contributed by atoms with Crippen LogP contribution in [0, 0.1) is 0 Å². The highest BCUT2D eigenvalue weighted by atomic mass is 35.5. The zero-order chi connectivity index (χ0) is 24.6. The molecule has 1 aliphatic carbocycles. The summed E-state index contributed by atoms with van der Waals surface area (Å²) in [5.41, 5.74) is 9.72. The van der Waals surface area contributed by atoms with Gasteiger partial charge < -0.3 is 0 Å². The van der Waals surface area contributed by atoms with Crippen molar-refractivity contribution < 1.29 is 0 Å². The lowest BCUT2D eigenvalue weighted by molar-refractivity contribution is 0.648. The van der Waals surface area contributed by atoms with Crippen molar-refractivity contribution in [2.75, 3.05) is 5.88 Å². The Morgan fingerprint density at radius 3 is 2.56 bits per heavy atom. The van der Waals surface area contributed by atoms with E-state index in [1.54, 1.807) is 0 Å². The number of nitrogens with zero attached hydrogens (tertiary/aromatic N) is 8. The van der Waals surface area contributed by atoms with Crippen LogP contribution in [0.15, 0.2) is 55.1 Å². The van der Waals surface area contributed by atoms with Gasteiger partial charge >= 0.3 is 0 Å². The molecular weight excluding hydrogens is 472 g/mol. The van der Waals surface area contributed by atoms with Gasteiger partial charge in [-0.25, -0.2) is 9.97 Å². The van der Waals surface area contributed by atoms with Gasteiger partial charge in [0.05, 0.1) is 41.9 Å². The van der Waals surface area contributed by atoms with Gasteiger partial charge in [0, 0.05) is 54.8 Å². The summed E-state index contributed by atoms with van der Waals surface area (Å²) in [5, 5.41) is 13.9. The minimum absolute atomic E-state index is 0.542. The molecule has 1 aromatic carbocycles. The Bertz CT molecular complexity index is 1530. The first-order chi connectivity index (χ1) is 17.6. The van der Waals surface area contributed by atoms with Gasteiger partial charge in [-0.2, -0.15) is 15.3 Å². The van der Waals surface area contributed by atoms with Gasteiger partial charge in [0.15, 0.2) is 0 Å². The molecule has 0 spiro atoms. The Balaban J connectivity index is 1.35. The average molecular weight is 499 g/mol. The third-order valence-electron chi connectivity index (χ3n) is 6.70. The van der Waals surface area contributed by atoms with E-state index in [0.717, 1.165) is 70.2 Å². The van der Waals surface area contributed by atoms with Crippen LogP contribution in [0.25, 0.3) is 33.6 Å². The predicted molar refractivity (Wildman–Crippen MR) is 140 cm³/mol. The fourth-order valence-corrected chi connectivity index (χ4v) is 5.07. The number of hydrogen-bond acceptors (Lipinski definition) is 5. The second-order valence-electron chi connectivity index (χ2n) is 9.05. The first-order valence-electron chi connectivity index (χ1n) is 12.3. The molecule has 4 heterocycles. The van der Waals surface area contributed by atoms with Crippen LogP contribution in [0.2, 0.25) is 0 Å². The molecular formula is C27H27ClN8. The Morgan fingerprint density at radius 2 is 1.78 bits per heavy atom. The minimum Gasteiger partial charge on any atom is -0.273 e. The quantitative estimate of drug-likeness (QED) is 0.307. The van der Waals surface area contributed by atoms with Crippen molar-refractivity contribution in [3.8, 4) is 33.6 Å². The molecule has 0 saturated heterocycles. The molecule has 0 saturated carbocycles. The van der Waals surface area contributed by atoms with Crippen LogP contribution in [-0.4, -0.2) is 45.2 Å². The molecule has 4 aromatic heterocycles. The molecule has 6 rings (SSSR count). The molecule has 0 atom stereocenters. The first-order valence-corrected chi connectivity index (χ1v) is 12.8. The van der Waals surface area contributed by atoms with Crippen LogP contribution in [-0.2, 0) is 39.4 Å². The highest BCUT2D eigenvalue weighted by molar-refractivity contribution is 6.17. The van der Waals surface area contributed by atoms with Crippen LogP contribution >= 0.6 is 11.6 Å². The monoisotopic (exact) mass is 498 g/mol. The maximum absolute atomic E-state index is 5.85. The van der Waals surface area contributed by atoms with Gasteiger partial charge in [0.1, 0.15) is 5.82 Å². The lowest BCUT2D eigenvalue weighted by Gasteiger charge is -2.16. The van der Waals surface area contributed by atoms with Gasteiger partial charge in [-0.1, -0.05) is 24.3 Å². The van der Waals surface area contributed by atoms with E-state index in [0.29, 0.717) is 18.8 Å². The second-order valence-corrected chi connectivity index (χ2v) is 9.43. The molecule has 9 heteroatoms. The van der Waals surface area contributed by atoms with E-state index >= 15 is 0 Å². The molecule has 0 N–H and O–H groups in total. The molecule has 1 aliphatic rings. The number of hydrogen-bond donors (Lipinski definition) is 0. The molecule has 182 valence electrons. The average Bonchev–Trinajstić information content (AvgIpc) is 3.63. The SMILES string of the molecule is CCn1ccc(Cc2ncc3c(n2)-c2c(nn(C)c2-c2ccc(-c4cnn(CCCl)c4)cc2)CC3)n1. The van der Waals surface area contributed by atoms with Crippen LogP contribution in [0.1, 0.15) is 29.7 Å². The molecule has 36 heavy (non-hydrogen) atoms. The normalized spacial score (nSPS) is 12.5. The fraction of sp³-hybridized carbons (Fsp3) is 0.296. The number of rotatable bonds is 7. The molecule has 8 nitrogen and oxygen atoms in total. The number of alkyl halides is 1. The van der Waals surface area contributed by atoms with Crippen molar-refractivity contribution in [2.45, 2.75) is 39.3 Å². The summed E-state index contributed by atoms with van der Waals surface area (Å²) in [6, 6.07) is 10.6. The fourth-order valence-electron chi connectivity index (χ4n) is 4.89. The highest BCUT2D eigenvalue weighted by Crippen LogP contribution is 2.39. The Labute approximate surface area is 214 Å². The standard InChI is InChI=1S/C27H27ClN8/c1-3-35-12-10-22(32-35)14-24-29-15-20-8-9-23-25(26(20)31-24)27(34(2)33-23)19-6-4-18(5-7-19)21-16-30-36(17-21)13-11-28/h4-7,10,12,15-17H,3,8-9,11,13-14H2,1-2H3. The first kappa shape index (κ1) is 22.7. The third-order valence-corrected chi connectivity index (χ3v) is 6.87. The van der Waals surface area contributed by atoms with Crippen molar-refractivity contribution in [1.29, 1.82) is 0 Å². The van der Waals surface area contributed by atoms with E-state index in [1.807, 2.05) is 51.9 Å². The largest absolute Gasteiger partial charge is 0.273 e.